The zero-order valence-corrected chi connectivity index (χ0v) is 13.0. The van der Waals surface area contributed by atoms with E-state index < -0.39 is 0 Å². The molecule has 1 aromatic carbocycles. The monoisotopic (exact) mass is 331 g/mol. The van der Waals surface area contributed by atoms with Gasteiger partial charge in [0.2, 0.25) is 0 Å². The van der Waals surface area contributed by atoms with Gasteiger partial charge in [-0.1, -0.05) is 0 Å². The van der Waals surface area contributed by atoms with Crippen molar-refractivity contribution in [2.45, 2.75) is 25.5 Å². The zero-order chi connectivity index (χ0) is 14.0. The van der Waals surface area contributed by atoms with Crippen LogP contribution in [0.15, 0.2) is 16.6 Å². The Morgan fingerprint density at radius 3 is 2.79 bits per heavy atom. The van der Waals surface area contributed by atoms with Crippen molar-refractivity contribution in [3.05, 3.63) is 28.0 Å². The molecule has 1 heterocycles. The largest absolute Gasteiger partial charge is 0.496 e. The van der Waals surface area contributed by atoms with Crippen molar-refractivity contribution >= 4 is 15.9 Å². The average molecular weight is 332 g/mol. The van der Waals surface area contributed by atoms with Crippen LogP contribution in [0.2, 0.25) is 0 Å². The van der Waals surface area contributed by atoms with Gasteiger partial charge in [0.1, 0.15) is 11.6 Å². The fourth-order valence-electron chi connectivity index (χ4n) is 2.75. The third kappa shape index (κ3) is 2.93. The number of hydrogen-bond acceptors (Lipinski definition) is 3. The normalized spacial score (nSPS) is 24.5. The van der Waals surface area contributed by atoms with Crippen molar-refractivity contribution in [3.8, 4) is 5.75 Å². The van der Waals surface area contributed by atoms with E-state index in [1.165, 1.54) is 6.07 Å². The van der Waals surface area contributed by atoms with Crippen LogP contribution in [0.3, 0.4) is 0 Å². The highest BCUT2D eigenvalue weighted by molar-refractivity contribution is 9.10. The third-order valence-electron chi connectivity index (χ3n) is 3.78. The molecule has 0 radical (unpaired) electrons. The smallest absolute Gasteiger partial charge is 0.141 e. The summed E-state index contributed by atoms with van der Waals surface area (Å²) in [5.41, 5.74) is 0.959. The number of rotatable bonds is 4. The van der Waals surface area contributed by atoms with E-state index in [2.05, 4.69) is 28.2 Å². The van der Waals surface area contributed by atoms with Crippen LogP contribution in [0.25, 0.3) is 0 Å². The van der Waals surface area contributed by atoms with Crippen LogP contribution in [0.1, 0.15) is 24.9 Å². The Morgan fingerprint density at radius 2 is 2.26 bits per heavy atom. The molecule has 0 aliphatic carbocycles. The summed E-state index contributed by atoms with van der Waals surface area (Å²) >= 11 is 3.24. The number of benzene rings is 1. The minimum absolute atomic E-state index is 0.0874. The highest BCUT2D eigenvalue weighted by Crippen LogP contribution is 2.39. The number of ether oxygens (including phenoxy) is 2. The topological polar surface area (TPSA) is 30.5 Å². The molecule has 0 saturated carbocycles. The predicted octanol–water partition coefficient (Wildman–Crippen LogP) is 3.28. The Balaban J connectivity index is 2.39. The van der Waals surface area contributed by atoms with E-state index in [0.717, 1.165) is 18.6 Å². The molecule has 3 unspecified atom stereocenters. The van der Waals surface area contributed by atoms with E-state index in [0.29, 0.717) is 16.1 Å². The van der Waals surface area contributed by atoms with Crippen LogP contribution in [-0.2, 0) is 4.74 Å². The lowest BCUT2D eigenvalue weighted by Crippen LogP contribution is -2.30. The summed E-state index contributed by atoms with van der Waals surface area (Å²) in [6.45, 7) is 2.85. The van der Waals surface area contributed by atoms with Crippen LogP contribution in [-0.4, -0.2) is 26.9 Å². The number of hydrogen-bond donors (Lipinski definition) is 1. The molecule has 3 atom stereocenters. The van der Waals surface area contributed by atoms with Gasteiger partial charge < -0.3 is 14.8 Å². The Morgan fingerprint density at radius 1 is 1.53 bits per heavy atom. The van der Waals surface area contributed by atoms with Gasteiger partial charge in [-0.2, -0.15) is 0 Å². The number of nitrogens with one attached hydrogen (secondary N) is 1. The second kappa shape index (κ2) is 6.20. The van der Waals surface area contributed by atoms with Gasteiger partial charge in [0.15, 0.2) is 0 Å². The maximum absolute atomic E-state index is 13.6. The highest BCUT2D eigenvalue weighted by Gasteiger charge is 2.33. The first-order valence-corrected chi connectivity index (χ1v) is 7.19. The molecule has 2 rings (SSSR count). The van der Waals surface area contributed by atoms with Crippen molar-refractivity contribution < 1.29 is 13.9 Å². The summed E-state index contributed by atoms with van der Waals surface area (Å²) in [7, 11) is 3.47. The predicted molar refractivity (Wildman–Crippen MR) is 76.0 cm³/mol. The van der Waals surface area contributed by atoms with Crippen LogP contribution < -0.4 is 10.1 Å². The van der Waals surface area contributed by atoms with E-state index in [4.69, 9.17) is 9.47 Å². The molecule has 1 saturated heterocycles. The maximum atomic E-state index is 13.6. The SMILES string of the molecule is CNC(c1cc(Br)c(F)cc1OC)C1CCOC1C. The number of methoxy groups -OCH3 is 1. The first-order chi connectivity index (χ1) is 9.08. The molecule has 0 bridgehead atoms. The van der Waals surface area contributed by atoms with E-state index in [-0.39, 0.29) is 18.0 Å². The van der Waals surface area contributed by atoms with Crippen molar-refractivity contribution in [1.82, 2.24) is 5.32 Å². The van der Waals surface area contributed by atoms with Gasteiger partial charge in [0.25, 0.3) is 0 Å². The van der Waals surface area contributed by atoms with Crippen LogP contribution >= 0.6 is 15.9 Å². The van der Waals surface area contributed by atoms with Gasteiger partial charge in [0.05, 0.1) is 17.7 Å². The lowest BCUT2D eigenvalue weighted by molar-refractivity contribution is 0.0960. The summed E-state index contributed by atoms with van der Waals surface area (Å²) in [5, 5.41) is 3.31. The molecular formula is C14H19BrFNO2. The second-order valence-corrected chi connectivity index (χ2v) is 5.66. The zero-order valence-electron chi connectivity index (χ0n) is 11.4. The molecule has 1 aliphatic rings. The van der Waals surface area contributed by atoms with Gasteiger partial charge >= 0.3 is 0 Å². The van der Waals surface area contributed by atoms with Crippen molar-refractivity contribution in [1.29, 1.82) is 0 Å². The minimum Gasteiger partial charge on any atom is -0.496 e. The first-order valence-electron chi connectivity index (χ1n) is 6.40. The Kier molecular flexibility index (Phi) is 4.81. The van der Waals surface area contributed by atoms with Gasteiger partial charge in [-0.15, -0.1) is 0 Å². The molecule has 0 spiro atoms. The minimum atomic E-state index is -0.314. The second-order valence-electron chi connectivity index (χ2n) is 4.80. The summed E-state index contributed by atoms with van der Waals surface area (Å²) in [6, 6.07) is 3.30. The lowest BCUT2D eigenvalue weighted by Gasteiger charge is -2.27. The molecule has 0 aromatic heterocycles. The summed E-state index contributed by atoms with van der Waals surface area (Å²) in [6.07, 6.45) is 1.18. The average Bonchev–Trinajstić information content (AvgIpc) is 2.81. The summed E-state index contributed by atoms with van der Waals surface area (Å²) < 4.78 is 25.0. The molecule has 1 aromatic rings. The van der Waals surface area contributed by atoms with Gasteiger partial charge in [0, 0.05) is 30.2 Å². The standard InChI is InChI=1S/C14H19BrFNO2/c1-8-9(4-5-19-8)14(17-2)10-6-11(15)12(16)7-13(10)18-3/h6-9,14,17H,4-5H2,1-3H3. The van der Waals surface area contributed by atoms with Gasteiger partial charge in [-0.25, -0.2) is 4.39 Å². The van der Waals surface area contributed by atoms with Crippen LogP contribution in [0.4, 0.5) is 4.39 Å². The fourth-order valence-corrected chi connectivity index (χ4v) is 3.11. The Labute approximate surface area is 121 Å². The molecule has 1 fully saturated rings. The van der Waals surface area contributed by atoms with Gasteiger partial charge in [-0.05, 0) is 42.4 Å². The maximum Gasteiger partial charge on any atom is 0.141 e. The van der Waals surface area contributed by atoms with E-state index in [1.54, 1.807) is 13.2 Å². The Bertz CT molecular complexity index is 455. The van der Waals surface area contributed by atoms with Crippen molar-refractivity contribution in [2.75, 3.05) is 20.8 Å². The summed E-state index contributed by atoms with van der Waals surface area (Å²) in [5.74, 6) is 0.613. The van der Waals surface area contributed by atoms with E-state index in [9.17, 15) is 4.39 Å². The molecule has 19 heavy (non-hydrogen) atoms. The van der Waals surface area contributed by atoms with Crippen molar-refractivity contribution in [3.63, 3.8) is 0 Å². The van der Waals surface area contributed by atoms with E-state index >= 15 is 0 Å². The Hall–Kier alpha value is -0.650. The molecule has 0 amide bonds. The molecule has 5 heteroatoms. The van der Waals surface area contributed by atoms with Gasteiger partial charge in [-0.3, -0.25) is 0 Å². The molecule has 3 nitrogen and oxygen atoms in total. The van der Waals surface area contributed by atoms with Crippen molar-refractivity contribution in [2.24, 2.45) is 5.92 Å². The third-order valence-corrected chi connectivity index (χ3v) is 4.39. The van der Waals surface area contributed by atoms with E-state index in [1.807, 2.05) is 7.05 Å². The molecule has 1 N–H and O–H groups in total. The highest BCUT2D eigenvalue weighted by atomic mass is 79.9. The van der Waals surface area contributed by atoms with Crippen LogP contribution in [0, 0.1) is 11.7 Å². The first kappa shape index (κ1) is 14.8. The number of halogens is 2. The molecule has 1 aliphatic heterocycles. The van der Waals surface area contributed by atoms with Crippen LogP contribution in [0.5, 0.6) is 5.75 Å². The summed E-state index contributed by atoms with van der Waals surface area (Å²) in [4.78, 5) is 0. The molecular weight excluding hydrogens is 313 g/mol. The molecule has 106 valence electrons. The fraction of sp³-hybridized carbons (Fsp3) is 0.571. The lowest BCUT2D eigenvalue weighted by atomic mass is 9.88. The quantitative estimate of drug-likeness (QED) is 0.918.